The highest BCUT2D eigenvalue weighted by atomic mass is 32.1. The fraction of sp³-hybridized carbons (Fsp3) is 0.250. The molecule has 0 unspecified atom stereocenters. The van der Waals surface area contributed by atoms with Crippen molar-refractivity contribution < 1.29 is 19.1 Å². The number of thiophene rings is 1. The number of rotatable bonds is 5. The van der Waals surface area contributed by atoms with Crippen molar-refractivity contribution in [1.29, 1.82) is 0 Å². The summed E-state index contributed by atoms with van der Waals surface area (Å²) < 4.78 is 4.81. The third kappa shape index (κ3) is 4.83. The van der Waals surface area contributed by atoms with Gasteiger partial charge in [-0.15, -0.1) is 11.3 Å². The Hall–Kier alpha value is -2.93. The van der Waals surface area contributed by atoms with Crippen molar-refractivity contribution in [1.82, 2.24) is 4.90 Å². The quantitative estimate of drug-likeness (QED) is 0.630. The van der Waals surface area contributed by atoms with Crippen LogP contribution in [-0.4, -0.2) is 43.9 Å². The molecule has 2 aromatic rings. The molecule has 0 saturated carbocycles. The predicted octanol–water partition coefficient (Wildman–Crippen LogP) is 3.51. The zero-order valence-electron chi connectivity index (χ0n) is 16.0. The fourth-order valence-corrected chi connectivity index (χ4v) is 3.58. The third-order valence-electron chi connectivity index (χ3n) is 3.88. The van der Waals surface area contributed by atoms with Crippen LogP contribution in [-0.2, 0) is 9.53 Å². The summed E-state index contributed by atoms with van der Waals surface area (Å²) in [6.45, 7) is 3.65. The lowest BCUT2D eigenvalue weighted by atomic mass is 10.1. The van der Waals surface area contributed by atoms with Gasteiger partial charge in [0.1, 0.15) is 5.00 Å². The van der Waals surface area contributed by atoms with Crippen molar-refractivity contribution >= 4 is 40.2 Å². The first-order valence-electron chi connectivity index (χ1n) is 8.23. The van der Waals surface area contributed by atoms with E-state index in [9.17, 15) is 14.4 Å². The molecule has 1 heterocycles. The van der Waals surface area contributed by atoms with Gasteiger partial charge in [-0.1, -0.05) is 29.8 Å². The number of carbonyl (C=O) groups is 3. The molecular weight excluding hydrogens is 364 g/mol. The summed E-state index contributed by atoms with van der Waals surface area (Å²) in [5.41, 5.74) is 2.70. The van der Waals surface area contributed by atoms with Gasteiger partial charge in [0.15, 0.2) is 0 Å². The van der Waals surface area contributed by atoms with Gasteiger partial charge in [-0.05, 0) is 31.1 Å². The highest BCUT2D eigenvalue weighted by molar-refractivity contribution is 7.18. The number of methoxy groups -OCH3 is 1. The number of ether oxygens (including phenoxy) is 1. The summed E-state index contributed by atoms with van der Waals surface area (Å²) in [5, 5.41) is 2.98. The van der Waals surface area contributed by atoms with Gasteiger partial charge >= 0.3 is 5.97 Å². The van der Waals surface area contributed by atoms with Crippen molar-refractivity contribution in [3.63, 3.8) is 0 Å². The van der Waals surface area contributed by atoms with Crippen LogP contribution < -0.4 is 5.32 Å². The van der Waals surface area contributed by atoms with E-state index >= 15 is 0 Å². The second kappa shape index (κ2) is 8.64. The summed E-state index contributed by atoms with van der Waals surface area (Å²) in [5.74, 6) is -1.23. The maximum Gasteiger partial charge on any atom is 0.341 e. The lowest BCUT2D eigenvalue weighted by Gasteiger charge is -2.08. The molecule has 1 aromatic carbocycles. The number of esters is 1. The van der Waals surface area contributed by atoms with Gasteiger partial charge in [0.05, 0.1) is 17.6 Å². The zero-order chi connectivity index (χ0) is 20.1. The van der Waals surface area contributed by atoms with Crippen LogP contribution in [0.5, 0.6) is 0 Å². The van der Waals surface area contributed by atoms with Crippen molar-refractivity contribution in [2.24, 2.45) is 0 Å². The predicted molar refractivity (Wildman–Crippen MR) is 107 cm³/mol. The van der Waals surface area contributed by atoms with E-state index in [1.54, 1.807) is 27.1 Å². The first kappa shape index (κ1) is 20.4. The Labute approximate surface area is 162 Å². The molecular formula is C20H22N2O4S. The summed E-state index contributed by atoms with van der Waals surface area (Å²) in [4.78, 5) is 38.6. The van der Waals surface area contributed by atoms with Crippen LogP contribution in [0.25, 0.3) is 6.08 Å². The molecule has 0 aliphatic heterocycles. The molecule has 0 spiro atoms. The number of nitrogens with zero attached hydrogens (tertiary/aromatic N) is 1. The molecule has 0 atom stereocenters. The SMILES string of the molecule is COC(=O)c1c(NC(=O)/C=C/c2ccc(C)cc2)sc(C(=O)N(C)C)c1C. The summed E-state index contributed by atoms with van der Waals surface area (Å²) in [7, 11) is 4.51. The molecule has 2 amide bonds. The topological polar surface area (TPSA) is 75.7 Å². The molecule has 0 bridgehead atoms. The van der Waals surface area contributed by atoms with E-state index in [4.69, 9.17) is 4.74 Å². The molecule has 1 N–H and O–H groups in total. The Bertz CT molecular complexity index is 895. The minimum Gasteiger partial charge on any atom is -0.465 e. The molecule has 0 radical (unpaired) electrons. The maximum absolute atomic E-state index is 12.3. The Kier molecular flexibility index (Phi) is 6.52. The van der Waals surface area contributed by atoms with Gasteiger partial charge in [0.2, 0.25) is 5.91 Å². The molecule has 6 nitrogen and oxygen atoms in total. The summed E-state index contributed by atoms with van der Waals surface area (Å²) >= 11 is 1.06. The van der Waals surface area contributed by atoms with E-state index < -0.39 is 11.9 Å². The number of aryl methyl sites for hydroxylation is 1. The van der Waals surface area contributed by atoms with Crippen LogP contribution in [0.1, 0.15) is 36.7 Å². The van der Waals surface area contributed by atoms with Crippen molar-refractivity contribution in [2.75, 3.05) is 26.5 Å². The Balaban J connectivity index is 2.29. The zero-order valence-corrected chi connectivity index (χ0v) is 16.8. The van der Waals surface area contributed by atoms with Crippen molar-refractivity contribution in [2.45, 2.75) is 13.8 Å². The molecule has 0 fully saturated rings. The van der Waals surface area contributed by atoms with E-state index in [2.05, 4.69) is 5.32 Å². The number of hydrogen-bond acceptors (Lipinski definition) is 5. The lowest BCUT2D eigenvalue weighted by Crippen LogP contribution is -2.21. The fourth-order valence-electron chi connectivity index (χ4n) is 2.36. The number of anilines is 1. The minimum absolute atomic E-state index is 0.199. The first-order valence-corrected chi connectivity index (χ1v) is 9.05. The van der Waals surface area contributed by atoms with Gasteiger partial charge in [-0.3, -0.25) is 9.59 Å². The van der Waals surface area contributed by atoms with Crippen LogP contribution in [0.15, 0.2) is 30.3 Å². The van der Waals surface area contributed by atoms with Crippen molar-refractivity contribution in [3.8, 4) is 0 Å². The number of amides is 2. The van der Waals surface area contributed by atoms with Gasteiger partial charge < -0.3 is 15.0 Å². The molecule has 2 rings (SSSR count). The highest BCUT2D eigenvalue weighted by Crippen LogP contribution is 2.34. The van der Waals surface area contributed by atoms with Crippen LogP contribution in [0.2, 0.25) is 0 Å². The monoisotopic (exact) mass is 386 g/mol. The average molecular weight is 386 g/mol. The molecule has 0 aliphatic carbocycles. The average Bonchev–Trinajstić information content (AvgIpc) is 2.95. The third-order valence-corrected chi connectivity index (χ3v) is 5.07. The Morgan fingerprint density at radius 2 is 1.74 bits per heavy atom. The largest absolute Gasteiger partial charge is 0.465 e. The number of carbonyl (C=O) groups excluding carboxylic acids is 3. The van der Waals surface area contributed by atoms with Gasteiger partial charge in [0, 0.05) is 20.2 Å². The number of benzene rings is 1. The molecule has 27 heavy (non-hydrogen) atoms. The molecule has 142 valence electrons. The van der Waals surface area contributed by atoms with E-state index in [-0.39, 0.29) is 11.5 Å². The molecule has 7 heteroatoms. The first-order chi connectivity index (χ1) is 12.7. The molecule has 0 aliphatic rings. The number of hydrogen-bond donors (Lipinski definition) is 1. The van der Waals surface area contributed by atoms with Gasteiger partial charge in [0.25, 0.3) is 5.91 Å². The lowest BCUT2D eigenvalue weighted by molar-refractivity contribution is -0.111. The second-order valence-corrected chi connectivity index (χ2v) is 7.21. The van der Waals surface area contributed by atoms with E-state index in [1.807, 2.05) is 31.2 Å². The Morgan fingerprint density at radius 3 is 2.30 bits per heavy atom. The normalized spacial score (nSPS) is 10.7. The number of nitrogens with one attached hydrogen (secondary N) is 1. The van der Waals surface area contributed by atoms with E-state index in [1.165, 1.54) is 18.1 Å². The maximum atomic E-state index is 12.3. The Morgan fingerprint density at radius 1 is 1.11 bits per heavy atom. The van der Waals surface area contributed by atoms with Gasteiger partial charge in [-0.2, -0.15) is 0 Å². The van der Waals surface area contributed by atoms with Crippen LogP contribution in [0.3, 0.4) is 0 Å². The molecule has 1 aromatic heterocycles. The second-order valence-electron chi connectivity index (χ2n) is 6.18. The van der Waals surface area contributed by atoms with Gasteiger partial charge in [-0.25, -0.2) is 4.79 Å². The summed E-state index contributed by atoms with van der Waals surface area (Å²) in [6, 6.07) is 7.72. The highest BCUT2D eigenvalue weighted by Gasteiger charge is 2.26. The van der Waals surface area contributed by atoms with E-state index in [0.29, 0.717) is 15.4 Å². The van der Waals surface area contributed by atoms with Crippen molar-refractivity contribution in [3.05, 3.63) is 57.5 Å². The van der Waals surface area contributed by atoms with Crippen LogP contribution in [0.4, 0.5) is 5.00 Å². The minimum atomic E-state index is -0.598. The smallest absolute Gasteiger partial charge is 0.341 e. The molecule has 0 saturated heterocycles. The van der Waals surface area contributed by atoms with Crippen LogP contribution >= 0.6 is 11.3 Å². The van der Waals surface area contributed by atoms with E-state index in [0.717, 1.165) is 22.5 Å². The van der Waals surface area contributed by atoms with Crippen LogP contribution in [0, 0.1) is 13.8 Å². The standard InChI is InChI=1S/C20H22N2O4S/c1-12-6-8-14(9-7-12)10-11-15(23)21-18-16(20(25)26-5)13(2)17(27-18)19(24)22(3)4/h6-11H,1-5H3,(H,21,23)/b11-10+. The summed E-state index contributed by atoms with van der Waals surface area (Å²) in [6.07, 6.45) is 3.06.